The largest absolute Gasteiger partial charge is 0.458 e. The number of rotatable bonds is 3. The average molecular weight is 335 g/mol. The first-order valence-electron chi connectivity index (χ1n) is 6.99. The number of terminal acetylenes is 1. The quantitative estimate of drug-likeness (QED) is 0.447. The summed E-state index contributed by atoms with van der Waals surface area (Å²) in [5, 5.41) is 9.63. The normalized spacial score (nSPS) is 26.4. The van der Waals surface area contributed by atoms with Gasteiger partial charge in [-0.15, -0.1) is 6.42 Å². The minimum absolute atomic E-state index is 0.109. The second kappa shape index (κ2) is 5.70. The standard InChI is InChI=1S/C14H14FN5O4/c1-3-14(5-21)8(23-7(2)22)4-9(24-14)20-6-17-10-11(16)18-13(15)19-12(10)20/h1,6,8-9,21H,4-5H2,2H3,(H2,16,18,19). The molecule has 1 saturated heterocycles. The van der Waals surface area contributed by atoms with Crippen LogP contribution in [-0.4, -0.2) is 48.9 Å². The van der Waals surface area contributed by atoms with Gasteiger partial charge in [0.05, 0.1) is 12.9 Å². The fraction of sp³-hybridized carbons (Fsp3) is 0.429. The summed E-state index contributed by atoms with van der Waals surface area (Å²) in [4.78, 5) is 22.4. The van der Waals surface area contributed by atoms with Crippen molar-refractivity contribution >= 4 is 23.0 Å². The van der Waals surface area contributed by atoms with E-state index in [2.05, 4.69) is 20.9 Å². The van der Waals surface area contributed by atoms with Crippen molar-refractivity contribution in [2.24, 2.45) is 0 Å². The van der Waals surface area contributed by atoms with Gasteiger partial charge in [0, 0.05) is 13.3 Å². The maximum Gasteiger partial charge on any atom is 0.312 e. The van der Waals surface area contributed by atoms with E-state index in [1.54, 1.807) is 0 Å². The molecule has 24 heavy (non-hydrogen) atoms. The van der Waals surface area contributed by atoms with Gasteiger partial charge in [-0.1, -0.05) is 5.92 Å². The minimum Gasteiger partial charge on any atom is -0.458 e. The van der Waals surface area contributed by atoms with Gasteiger partial charge in [0.25, 0.3) is 0 Å². The van der Waals surface area contributed by atoms with Crippen LogP contribution in [-0.2, 0) is 14.3 Å². The molecule has 0 radical (unpaired) electrons. The molecule has 3 N–H and O–H groups in total. The Morgan fingerprint density at radius 3 is 3.08 bits per heavy atom. The molecule has 3 atom stereocenters. The number of ether oxygens (including phenoxy) is 2. The number of nitrogens with zero attached hydrogens (tertiary/aromatic N) is 4. The maximum absolute atomic E-state index is 13.4. The smallest absolute Gasteiger partial charge is 0.312 e. The number of halogens is 1. The van der Waals surface area contributed by atoms with Gasteiger partial charge < -0.3 is 20.3 Å². The predicted octanol–water partition coefficient (Wildman–Crippen LogP) is -0.238. The van der Waals surface area contributed by atoms with Crippen molar-refractivity contribution in [2.75, 3.05) is 12.3 Å². The number of carbonyl (C=O) groups is 1. The first kappa shape index (κ1) is 16.1. The molecule has 1 aliphatic rings. The molecule has 0 aromatic carbocycles. The zero-order valence-electron chi connectivity index (χ0n) is 12.6. The number of esters is 1. The molecular weight excluding hydrogens is 321 g/mol. The minimum atomic E-state index is -1.51. The summed E-state index contributed by atoms with van der Waals surface area (Å²) in [5.41, 5.74) is 4.42. The summed E-state index contributed by atoms with van der Waals surface area (Å²) < 4.78 is 25.7. The lowest BCUT2D eigenvalue weighted by molar-refractivity contribution is -0.156. The number of carbonyl (C=O) groups excluding carboxylic acids is 1. The van der Waals surface area contributed by atoms with Gasteiger partial charge in [0.2, 0.25) is 0 Å². The fourth-order valence-corrected chi connectivity index (χ4v) is 2.69. The highest BCUT2D eigenvalue weighted by Crippen LogP contribution is 2.39. The van der Waals surface area contributed by atoms with Crippen LogP contribution < -0.4 is 5.73 Å². The topological polar surface area (TPSA) is 125 Å². The second-order valence-electron chi connectivity index (χ2n) is 5.30. The molecule has 2 aromatic heterocycles. The van der Waals surface area contributed by atoms with Crippen LogP contribution in [0, 0.1) is 18.4 Å². The van der Waals surface area contributed by atoms with E-state index in [0.717, 1.165) is 0 Å². The SMILES string of the molecule is C#CC1(CO)OC(n2cnc3c(N)nc(F)nc32)CC1OC(C)=O. The fourth-order valence-electron chi connectivity index (χ4n) is 2.69. The number of hydrogen-bond donors (Lipinski definition) is 2. The van der Waals surface area contributed by atoms with Crippen molar-refractivity contribution in [1.82, 2.24) is 19.5 Å². The Bertz CT molecular complexity index is 848. The molecule has 3 rings (SSSR count). The highest BCUT2D eigenvalue weighted by Gasteiger charge is 2.50. The van der Waals surface area contributed by atoms with Crippen LogP contribution in [0.4, 0.5) is 10.2 Å². The lowest BCUT2D eigenvalue weighted by Gasteiger charge is -2.26. The third-order valence-electron chi connectivity index (χ3n) is 3.80. The number of aliphatic hydroxyl groups is 1. The van der Waals surface area contributed by atoms with Gasteiger partial charge in [0.15, 0.2) is 22.6 Å². The number of aliphatic hydroxyl groups excluding tert-OH is 1. The molecule has 0 saturated carbocycles. The third-order valence-corrected chi connectivity index (χ3v) is 3.80. The molecule has 0 amide bonds. The van der Waals surface area contributed by atoms with Crippen LogP contribution in [0.2, 0.25) is 0 Å². The van der Waals surface area contributed by atoms with Crippen LogP contribution in [0.5, 0.6) is 0 Å². The molecule has 10 heteroatoms. The summed E-state index contributed by atoms with van der Waals surface area (Å²) in [7, 11) is 0. The van der Waals surface area contributed by atoms with Gasteiger partial charge >= 0.3 is 12.0 Å². The lowest BCUT2D eigenvalue weighted by atomic mass is 9.98. The van der Waals surface area contributed by atoms with Crippen LogP contribution >= 0.6 is 0 Å². The molecule has 3 heterocycles. The molecule has 2 aromatic rings. The van der Waals surface area contributed by atoms with E-state index in [-0.39, 0.29) is 23.4 Å². The Morgan fingerprint density at radius 2 is 2.46 bits per heavy atom. The Kier molecular flexibility index (Phi) is 3.82. The summed E-state index contributed by atoms with van der Waals surface area (Å²) in [6, 6.07) is 0. The van der Waals surface area contributed by atoms with Crippen LogP contribution in [0.15, 0.2) is 6.33 Å². The monoisotopic (exact) mass is 335 g/mol. The predicted molar refractivity (Wildman–Crippen MR) is 78.6 cm³/mol. The van der Waals surface area contributed by atoms with Crippen molar-refractivity contribution in [3.63, 3.8) is 0 Å². The van der Waals surface area contributed by atoms with Crippen molar-refractivity contribution in [3.05, 3.63) is 12.4 Å². The van der Waals surface area contributed by atoms with E-state index < -0.39 is 36.6 Å². The molecule has 0 bridgehead atoms. The zero-order chi connectivity index (χ0) is 17.5. The molecule has 9 nitrogen and oxygen atoms in total. The number of imidazole rings is 1. The van der Waals surface area contributed by atoms with Gasteiger partial charge in [-0.3, -0.25) is 9.36 Å². The summed E-state index contributed by atoms with van der Waals surface area (Å²) >= 11 is 0. The maximum atomic E-state index is 13.4. The number of anilines is 1. The zero-order valence-corrected chi connectivity index (χ0v) is 12.6. The summed E-state index contributed by atoms with van der Waals surface area (Å²) in [6.07, 6.45) is 4.26. The van der Waals surface area contributed by atoms with E-state index in [1.807, 2.05) is 0 Å². The molecule has 126 valence electrons. The van der Waals surface area contributed by atoms with Crippen LogP contribution in [0.1, 0.15) is 19.6 Å². The molecule has 0 spiro atoms. The number of nitrogens with two attached hydrogens (primary N) is 1. The van der Waals surface area contributed by atoms with Crippen molar-refractivity contribution in [2.45, 2.75) is 31.3 Å². The van der Waals surface area contributed by atoms with Gasteiger partial charge in [-0.2, -0.15) is 14.4 Å². The number of fused-ring (bicyclic) bond motifs is 1. The average Bonchev–Trinajstić information content (AvgIpc) is 3.08. The molecule has 1 aliphatic heterocycles. The van der Waals surface area contributed by atoms with Crippen LogP contribution in [0.25, 0.3) is 11.2 Å². The van der Waals surface area contributed by atoms with E-state index in [0.29, 0.717) is 0 Å². The van der Waals surface area contributed by atoms with Crippen molar-refractivity contribution < 1.29 is 23.8 Å². The molecule has 0 aliphatic carbocycles. The molecule has 3 unspecified atom stereocenters. The Balaban J connectivity index is 2.02. The first-order chi connectivity index (χ1) is 11.4. The highest BCUT2D eigenvalue weighted by atomic mass is 19.1. The number of hydrogen-bond acceptors (Lipinski definition) is 8. The highest BCUT2D eigenvalue weighted by molar-refractivity contribution is 5.81. The molecular formula is C14H14FN5O4. The Labute approximate surface area is 135 Å². The lowest BCUT2D eigenvalue weighted by Crippen LogP contribution is -2.43. The Morgan fingerprint density at radius 1 is 1.71 bits per heavy atom. The van der Waals surface area contributed by atoms with E-state index in [9.17, 15) is 14.3 Å². The van der Waals surface area contributed by atoms with E-state index >= 15 is 0 Å². The second-order valence-corrected chi connectivity index (χ2v) is 5.30. The van der Waals surface area contributed by atoms with Gasteiger partial charge in [-0.05, 0) is 0 Å². The third kappa shape index (κ3) is 2.44. The van der Waals surface area contributed by atoms with Gasteiger partial charge in [-0.25, -0.2) is 4.98 Å². The van der Waals surface area contributed by atoms with Crippen LogP contribution in [0.3, 0.4) is 0 Å². The Hall–Kier alpha value is -2.77. The van der Waals surface area contributed by atoms with E-state index in [4.69, 9.17) is 21.6 Å². The van der Waals surface area contributed by atoms with Gasteiger partial charge in [0.1, 0.15) is 12.3 Å². The van der Waals surface area contributed by atoms with Crippen molar-refractivity contribution in [3.8, 4) is 12.3 Å². The summed E-state index contributed by atoms with van der Waals surface area (Å²) in [6.45, 7) is 0.665. The molecule has 1 fully saturated rings. The summed E-state index contributed by atoms with van der Waals surface area (Å²) in [5.74, 6) is 1.65. The first-order valence-corrected chi connectivity index (χ1v) is 6.99. The number of nitrogen functional groups attached to an aromatic ring is 1. The van der Waals surface area contributed by atoms with Crippen molar-refractivity contribution in [1.29, 1.82) is 0 Å². The number of aromatic nitrogens is 4. The van der Waals surface area contributed by atoms with E-state index in [1.165, 1.54) is 17.8 Å².